The Hall–Kier alpha value is -1.85. The van der Waals surface area contributed by atoms with E-state index in [1.165, 1.54) is 20.9 Å². The summed E-state index contributed by atoms with van der Waals surface area (Å²) in [6, 6.07) is 8.20. The van der Waals surface area contributed by atoms with Crippen LogP contribution in [-0.4, -0.2) is 19.5 Å². The van der Waals surface area contributed by atoms with Crippen molar-refractivity contribution in [3.8, 4) is 0 Å². The van der Waals surface area contributed by atoms with Crippen molar-refractivity contribution in [2.45, 2.75) is 26.1 Å². The molecule has 3 heterocycles. The van der Waals surface area contributed by atoms with E-state index >= 15 is 0 Å². The van der Waals surface area contributed by atoms with Crippen molar-refractivity contribution in [3.05, 3.63) is 51.4 Å². The normalized spacial score (nSPS) is 23.3. The van der Waals surface area contributed by atoms with Crippen LogP contribution in [0.5, 0.6) is 0 Å². The summed E-state index contributed by atoms with van der Waals surface area (Å²) in [5.74, 6) is 0.0686. The standard InChI is InChI=1S/C17H19N3OS/c1-10-5-3-4-6-11(10)15-18-16(21)14-12-7-8-20(2)9-13(12)22-17(14)19-15/h3-6,15,19H,7-9H2,1-2H3,(H,18,21)/p+1/t15-/m1/s1. The molecule has 2 aliphatic rings. The van der Waals surface area contributed by atoms with Gasteiger partial charge in [0.1, 0.15) is 17.7 Å². The van der Waals surface area contributed by atoms with Gasteiger partial charge >= 0.3 is 0 Å². The maximum Gasteiger partial charge on any atom is 0.256 e. The Labute approximate surface area is 134 Å². The molecule has 3 N–H and O–H groups in total. The van der Waals surface area contributed by atoms with Gasteiger partial charge in [0.15, 0.2) is 0 Å². The monoisotopic (exact) mass is 314 g/mol. The van der Waals surface area contributed by atoms with Crippen molar-refractivity contribution >= 4 is 22.2 Å². The highest BCUT2D eigenvalue weighted by molar-refractivity contribution is 7.16. The molecule has 0 aliphatic carbocycles. The van der Waals surface area contributed by atoms with E-state index in [2.05, 4.69) is 36.7 Å². The summed E-state index contributed by atoms with van der Waals surface area (Å²) >= 11 is 1.76. The van der Waals surface area contributed by atoms with Gasteiger partial charge in [-0.15, -0.1) is 11.3 Å². The summed E-state index contributed by atoms with van der Waals surface area (Å²) in [6.45, 7) is 4.21. The Balaban J connectivity index is 1.73. The second kappa shape index (κ2) is 5.11. The average Bonchev–Trinajstić information content (AvgIpc) is 2.85. The summed E-state index contributed by atoms with van der Waals surface area (Å²) < 4.78 is 0. The Kier molecular flexibility index (Phi) is 3.20. The Morgan fingerprint density at radius 3 is 2.91 bits per heavy atom. The van der Waals surface area contributed by atoms with E-state index in [1.54, 1.807) is 11.3 Å². The van der Waals surface area contributed by atoms with Crippen LogP contribution in [0, 0.1) is 6.92 Å². The van der Waals surface area contributed by atoms with Crippen LogP contribution in [0.3, 0.4) is 0 Å². The van der Waals surface area contributed by atoms with Crippen LogP contribution in [0.2, 0.25) is 0 Å². The molecule has 1 aromatic heterocycles. The molecular formula is C17H20N3OS+. The average molecular weight is 314 g/mol. The smallest absolute Gasteiger partial charge is 0.256 e. The van der Waals surface area contributed by atoms with E-state index in [0.29, 0.717) is 0 Å². The van der Waals surface area contributed by atoms with Gasteiger partial charge in [0.2, 0.25) is 0 Å². The van der Waals surface area contributed by atoms with Gasteiger partial charge in [-0.3, -0.25) is 4.79 Å². The molecule has 1 aromatic carbocycles. The zero-order valence-corrected chi connectivity index (χ0v) is 13.6. The highest BCUT2D eigenvalue weighted by Gasteiger charge is 2.34. The number of anilines is 1. The second-order valence-corrected chi connectivity index (χ2v) is 7.35. The summed E-state index contributed by atoms with van der Waals surface area (Å²) in [6.07, 6.45) is 0.864. The van der Waals surface area contributed by atoms with Crippen LogP contribution in [0.1, 0.15) is 38.1 Å². The fraction of sp³-hybridized carbons (Fsp3) is 0.353. The zero-order valence-electron chi connectivity index (χ0n) is 12.8. The van der Waals surface area contributed by atoms with E-state index in [9.17, 15) is 4.79 Å². The lowest BCUT2D eigenvalue weighted by Gasteiger charge is -2.28. The van der Waals surface area contributed by atoms with Gasteiger partial charge in [-0.1, -0.05) is 24.3 Å². The van der Waals surface area contributed by atoms with E-state index in [4.69, 9.17) is 0 Å². The van der Waals surface area contributed by atoms with Crippen LogP contribution < -0.4 is 15.5 Å². The first-order valence-corrected chi connectivity index (χ1v) is 8.54. The predicted molar refractivity (Wildman–Crippen MR) is 88.5 cm³/mol. The summed E-state index contributed by atoms with van der Waals surface area (Å²) in [5.41, 5.74) is 4.47. The number of hydrogen-bond donors (Lipinski definition) is 3. The number of fused-ring (bicyclic) bond motifs is 3. The van der Waals surface area contributed by atoms with Gasteiger partial charge in [0, 0.05) is 6.42 Å². The maximum atomic E-state index is 12.6. The van der Waals surface area contributed by atoms with Crippen LogP contribution in [0.25, 0.3) is 0 Å². The Bertz CT molecular complexity index is 752. The van der Waals surface area contributed by atoms with Crippen LogP contribution in [0.4, 0.5) is 5.00 Å². The van der Waals surface area contributed by atoms with Crippen LogP contribution >= 0.6 is 11.3 Å². The SMILES string of the molecule is Cc1ccccc1[C@@H]1NC(=O)c2c(sc3c2CC[NH+](C)C3)N1. The fourth-order valence-corrected chi connectivity index (χ4v) is 4.79. The molecule has 0 radical (unpaired) electrons. The van der Waals surface area contributed by atoms with Crippen molar-refractivity contribution < 1.29 is 9.69 Å². The first-order valence-electron chi connectivity index (χ1n) is 7.72. The second-order valence-electron chi connectivity index (χ2n) is 6.25. The molecule has 4 rings (SSSR count). The summed E-state index contributed by atoms with van der Waals surface area (Å²) in [7, 11) is 2.21. The fourth-order valence-electron chi connectivity index (χ4n) is 3.40. The molecule has 0 bridgehead atoms. The molecule has 0 saturated carbocycles. The molecule has 1 unspecified atom stereocenters. The first kappa shape index (κ1) is 13.8. The number of thiophene rings is 1. The molecule has 2 atom stereocenters. The van der Waals surface area contributed by atoms with Gasteiger partial charge in [-0.25, -0.2) is 0 Å². The van der Waals surface area contributed by atoms with Crippen molar-refractivity contribution in [3.63, 3.8) is 0 Å². The van der Waals surface area contributed by atoms with Crippen LogP contribution in [-0.2, 0) is 13.0 Å². The van der Waals surface area contributed by atoms with Gasteiger partial charge in [-0.2, -0.15) is 0 Å². The minimum Gasteiger partial charge on any atom is -0.353 e. The summed E-state index contributed by atoms with van der Waals surface area (Å²) in [5, 5.41) is 7.70. The topological polar surface area (TPSA) is 45.6 Å². The van der Waals surface area contributed by atoms with Crippen LogP contribution in [0.15, 0.2) is 24.3 Å². The third kappa shape index (κ3) is 2.12. The number of carbonyl (C=O) groups is 1. The lowest BCUT2D eigenvalue weighted by atomic mass is 9.99. The minimum absolute atomic E-state index is 0.0686. The van der Waals surface area contributed by atoms with Gasteiger partial charge in [-0.05, 0) is 23.6 Å². The number of hydrogen-bond acceptors (Lipinski definition) is 3. The lowest BCUT2D eigenvalue weighted by Crippen LogP contribution is -3.08. The van der Waals surface area contributed by atoms with E-state index < -0.39 is 0 Å². The molecule has 5 heteroatoms. The number of aryl methyl sites for hydroxylation is 1. The summed E-state index contributed by atoms with van der Waals surface area (Å²) in [4.78, 5) is 15.5. The molecule has 1 amide bonds. The van der Waals surface area contributed by atoms with Crippen molar-refractivity contribution in [2.24, 2.45) is 0 Å². The molecule has 114 valence electrons. The van der Waals surface area contributed by atoms with Crippen molar-refractivity contribution in [1.29, 1.82) is 0 Å². The van der Waals surface area contributed by atoms with Gasteiger partial charge in [0.05, 0.1) is 24.0 Å². The number of likely N-dealkylation sites (N-methyl/N-ethyl adjacent to an activating group) is 1. The molecule has 0 fully saturated rings. The largest absolute Gasteiger partial charge is 0.353 e. The molecule has 2 aromatic rings. The zero-order chi connectivity index (χ0) is 15.3. The maximum absolute atomic E-state index is 12.6. The van der Waals surface area contributed by atoms with Gasteiger partial charge < -0.3 is 15.5 Å². The van der Waals surface area contributed by atoms with E-state index in [-0.39, 0.29) is 12.1 Å². The lowest BCUT2D eigenvalue weighted by molar-refractivity contribution is -0.895. The van der Waals surface area contributed by atoms with Crippen molar-refractivity contribution in [1.82, 2.24) is 5.32 Å². The van der Waals surface area contributed by atoms with E-state index in [0.717, 1.165) is 35.6 Å². The molecule has 22 heavy (non-hydrogen) atoms. The minimum atomic E-state index is -0.133. The third-order valence-electron chi connectivity index (χ3n) is 4.63. The number of amides is 1. The Morgan fingerprint density at radius 2 is 2.09 bits per heavy atom. The molecular weight excluding hydrogens is 294 g/mol. The molecule has 4 nitrogen and oxygen atoms in total. The highest BCUT2D eigenvalue weighted by atomic mass is 32.1. The third-order valence-corrected chi connectivity index (χ3v) is 5.80. The van der Waals surface area contributed by atoms with Gasteiger partial charge in [0.25, 0.3) is 5.91 Å². The Morgan fingerprint density at radius 1 is 1.27 bits per heavy atom. The van der Waals surface area contributed by atoms with E-state index in [1.807, 2.05) is 12.1 Å². The number of nitrogens with one attached hydrogen (secondary N) is 3. The number of rotatable bonds is 1. The quantitative estimate of drug-likeness (QED) is 0.747. The van der Waals surface area contributed by atoms with Crippen molar-refractivity contribution in [2.75, 3.05) is 18.9 Å². The first-order chi connectivity index (χ1) is 10.6. The number of quaternary nitrogens is 1. The highest BCUT2D eigenvalue weighted by Crippen LogP contribution is 2.39. The molecule has 2 aliphatic heterocycles. The number of carbonyl (C=O) groups excluding carboxylic acids is 1. The predicted octanol–water partition coefficient (Wildman–Crippen LogP) is 1.48. The number of benzene rings is 1. The molecule has 0 spiro atoms. The molecule has 0 saturated heterocycles.